The molecule has 1 aliphatic heterocycles. The number of aromatic nitrogens is 3. The quantitative estimate of drug-likeness (QED) is 0.708. The van der Waals surface area contributed by atoms with Crippen LogP contribution in [0, 0.1) is 0 Å². The van der Waals surface area contributed by atoms with Gasteiger partial charge in [0, 0.05) is 17.2 Å². The number of hydrogen-bond acceptors (Lipinski definition) is 6. The summed E-state index contributed by atoms with van der Waals surface area (Å²) < 4.78 is 7.69. The number of nitrogens with zero attached hydrogens (tertiary/aromatic N) is 3. The number of benzene rings is 1. The fourth-order valence-corrected chi connectivity index (χ4v) is 3.76. The summed E-state index contributed by atoms with van der Waals surface area (Å²) in [6.45, 7) is 3.00. The first kappa shape index (κ1) is 19.7. The Balaban J connectivity index is 1.87. The van der Waals surface area contributed by atoms with E-state index in [9.17, 15) is 9.59 Å². The number of hydrogen-bond donors (Lipinski definition) is 2. The lowest BCUT2D eigenvalue weighted by atomic mass is 10.2. The highest BCUT2D eigenvalue weighted by Crippen LogP contribution is 2.29. The van der Waals surface area contributed by atoms with Crippen molar-refractivity contribution in [2.75, 3.05) is 6.61 Å². The number of urea groups is 1. The molecule has 1 aliphatic rings. The third kappa shape index (κ3) is 5.00. The molecule has 144 valence electrons. The highest BCUT2D eigenvalue weighted by molar-refractivity contribution is 8.00. The second kappa shape index (κ2) is 8.73. The molecule has 3 amide bonds. The molecule has 1 fully saturated rings. The van der Waals surface area contributed by atoms with E-state index in [4.69, 9.17) is 22.1 Å². The predicted molar refractivity (Wildman–Crippen MR) is 102 cm³/mol. The van der Waals surface area contributed by atoms with Gasteiger partial charge in [0.1, 0.15) is 0 Å². The first-order valence-corrected chi connectivity index (χ1v) is 9.77. The van der Waals surface area contributed by atoms with E-state index < -0.39 is 17.2 Å². The van der Waals surface area contributed by atoms with Crippen LogP contribution in [-0.4, -0.2) is 44.7 Å². The van der Waals surface area contributed by atoms with Crippen molar-refractivity contribution in [3.8, 4) is 11.4 Å². The molecular formula is C17H20ClN5O3S. The van der Waals surface area contributed by atoms with Crippen molar-refractivity contribution in [2.24, 2.45) is 5.73 Å². The van der Waals surface area contributed by atoms with Gasteiger partial charge in [-0.05, 0) is 44.0 Å². The zero-order chi connectivity index (χ0) is 19.4. The molecule has 2 aromatic rings. The van der Waals surface area contributed by atoms with Gasteiger partial charge < -0.3 is 10.5 Å². The van der Waals surface area contributed by atoms with E-state index in [1.165, 1.54) is 11.8 Å². The summed E-state index contributed by atoms with van der Waals surface area (Å²) >= 11 is 7.19. The van der Waals surface area contributed by atoms with Crippen LogP contribution < -0.4 is 11.1 Å². The van der Waals surface area contributed by atoms with E-state index in [0.717, 1.165) is 25.0 Å². The molecule has 2 atom stereocenters. The second-order valence-corrected chi connectivity index (χ2v) is 7.92. The van der Waals surface area contributed by atoms with Gasteiger partial charge in [-0.1, -0.05) is 23.4 Å². The molecule has 1 aromatic heterocycles. The summed E-state index contributed by atoms with van der Waals surface area (Å²) in [4.78, 5) is 22.9. The van der Waals surface area contributed by atoms with Gasteiger partial charge in [-0.25, -0.2) is 4.79 Å². The van der Waals surface area contributed by atoms with Crippen molar-refractivity contribution >= 4 is 35.3 Å². The van der Waals surface area contributed by atoms with Crippen molar-refractivity contribution in [1.82, 2.24) is 20.1 Å². The Hall–Kier alpha value is -2.10. The number of nitrogens with two attached hydrogens (primary N) is 1. The highest BCUT2D eigenvalue weighted by Gasteiger charge is 2.25. The lowest BCUT2D eigenvalue weighted by molar-refractivity contribution is -0.119. The van der Waals surface area contributed by atoms with Crippen LogP contribution in [0.3, 0.4) is 0 Å². The Morgan fingerprint density at radius 2 is 2.15 bits per heavy atom. The molecule has 8 nitrogen and oxygen atoms in total. The molecular weight excluding hydrogens is 390 g/mol. The monoisotopic (exact) mass is 409 g/mol. The number of ether oxygens (including phenoxy) is 1. The molecule has 27 heavy (non-hydrogen) atoms. The van der Waals surface area contributed by atoms with Crippen LogP contribution in [0.15, 0.2) is 29.4 Å². The number of amides is 3. The lowest BCUT2D eigenvalue weighted by Gasteiger charge is -2.16. The van der Waals surface area contributed by atoms with Crippen LogP contribution in [0.25, 0.3) is 11.4 Å². The van der Waals surface area contributed by atoms with Crippen molar-refractivity contribution in [1.29, 1.82) is 0 Å². The van der Waals surface area contributed by atoms with Crippen LogP contribution in [-0.2, 0) is 16.1 Å². The van der Waals surface area contributed by atoms with E-state index in [0.29, 0.717) is 22.5 Å². The molecule has 0 aliphatic carbocycles. The Morgan fingerprint density at radius 1 is 1.41 bits per heavy atom. The summed E-state index contributed by atoms with van der Waals surface area (Å²) in [5, 5.41) is 11.3. The van der Waals surface area contributed by atoms with E-state index in [1.54, 1.807) is 19.1 Å². The van der Waals surface area contributed by atoms with Crippen molar-refractivity contribution in [2.45, 2.75) is 42.8 Å². The maximum Gasteiger partial charge on any atom is 0.318 e. The molecule has 0 radical (unpaired) electrons. The zero-order valence-electron chi connectivity index (χ0n) is 14.7. The minimum absolute atomic E-state index is 0.0705. The second-order valence-electron chi connectivity index (χ2n) is 6.17. The van der Waals surface area contributed by atoms with Gasteiger partial charge in [0.2, 0.25) is 5.91 Å². The van der Waals surface area contributed by atoms with Gasteiger partial charge in [-0.15, -0.1) is 10.2 Å². The molecule has 3 N–H and O–H groups in total. The smallest absolute Gasteiger partial charge is 0.318 e. The van der Waals surface area contributed by atoms with Crippen LogP contribution >= 0.6 is 23.4 Å². The minimum atomic E-state index is -0.880. The molecule has 0 bridgehead atoms. The lowest BCUT2D eigenvalue weighted by Crippen LogP contribution is -2.39. The van der Waals surface area contributed by atoms with E-state index in [1.807, 2.05) is 16.7 Å². The Labute approximate surface area is 165 Å². The number of nitrogens with one attached hydrogen (secondary N) is 1. The van der Waals surface area contributed by atoms with E-state index >= 15 is 0 Å². The maximum atomic E-state index is 12.0. The number of halogens is 1. The molecule has 1 saturated heterocycles. The number of rotatable bonds is 6. The summed E-state index contributed by atoms with van der Waals surface area (Å²) in [6.07, 6.45) is 2.05. The maximum absolute atomic E-state index is 12.0. The minimum Gasteiger partial charge on any atom is -0.376 e. The predicted octanol–water partition coefficient (Wildman–Crippen LogP) is 2.45. The molecule has 2 heterocycles. The molecule has 1 aromatic carbocycles. The van der Waals surface area contributed by atoms with Gasteiger partial charge in [0.15, 0.2) is 11.0 Å². The average molecular weight is 410 g/mol. The van der Waals surface area contributed by atoms with Crippen LogP contribution in [0.5, 0.6) is 0 Å². The first-order valence-electron chi connectivity index (χ1n) is 8.51. The summed E-state index contributed by atoms with van der Waals surface area (Å²) in [5.74, 6) is 0.194. The average Bonchev–Trinajstić information content (AvgIpc) is 3.26. The van der Waals surface area contributed by atoms with E-state index in [-0.39, 0.29) is 6.10 Å². The summed E-state index contributed by atoms with van der Waals surface area (Å²) in [6, 6.07) is 6.44. The molecule has 0 spiro atoms. The standard InChI is InChI=1S/C17H20ClN5O3S/c1-10(15(24)20-16(19)25)27-17-22-21-14(11-4-6-12(18)7-5-11)23(17)9-13-3-2-8-26-13/h4-7,10,13H,2-3,8-9H2,1H3,(H3,19,20,24,25)/t10-,13-/m1/s1. The zero-order valence-corrected chi connectivity index (χ0v) is 16.3. The number of primary amides is 1. The number of thioether (sulfide) groups is 1. The molecule has 3 rings (SSSR count). The van der Waals surface area contributed by atoms with Gasteiger partial charge in [0.25, 0.3) is 0 Å². The van der Waals surface area contributed by atoms with Crippen LogP contribution in [0.1, 0.15) is 19.8 Å². The van der Waals surface area contributed by atoms with Crippen LogP contribution in [0.4, 0.5) is 4.79 Å². The number of carbonyl (C=O) groups is 2. The fourth-order valence-electron chi connectivity index (χ4n) is 2.78. The highest BCUT2D eigenvalue weighted by atomic mass is 35.5. The Bertz CT molecular complexity index is 820. The van der Waals surface area contributed by atoms with Gasteiger partial charge in [-0.3, -0.25) is 14.7 Å². The Morgan fingerprint density at radius 3 is 2.78 bits per heavy atom. The van der Waals surface area contributed by atoms with Gasteiger partial charge in [0.05, 0.1) is 17.9 Å². The van der Waals surface area contributed by atoms with Crippen molar-refractivity contribution in [3.63, 3.8) is 0 Å². The topological polar surface area (TPSA) is 112 Å². The van der Waals surface area contributed by atoms with Gasteiger partial charge in [-0.2, -0.15) is 0 Å². The summed E-state index contributed by atoms with van der Waals surface area (Å²) in [5.41, 5.74) is 5.88. The normalized spacial score (nSPS) is 17.6. The van der Waals surface area contributed by atoms with Crippen LogP contribution in [0.2, 0.25) is 5.02 Å². The largest absolute Gasteiger partial charge is 0.376 e. The number of imide groups is 1. The van der Waals surface area contributed by atoms with E-state index in [2.05, 4.69) is 15.5 Å². The molecule has 10 heteroatoms. The van der Waals surface area contributed by atoms with Gasteiger partial charge >= 0.3 is 6.03 Å². The number of carbonyl (C=O) groups excluding carboxylic acids is 2. The first-order chi connectivity index (χ1) is 12.9. The third-order valence-corrected chi connectivity index (χ3v) is 5.46. The molecule has 0 saturated carbocycles. The Kier molecular flexibility index (Phi) is 6.35. The van der Waals surface area contributed by atoms with Crippen molar-refractivity contribution in [3.05, 3.63) is 29.3 Å². The third-order valence-electron chi connectivity index (χ3n) is 4.13. The fraction of sp³-hybridized carbons (Fsp3) is 0.412. The SMILES string of the molecule is C[C@@H](Sc1nnc(-c2ccc(Cl)cc2)n1C[C@H]1CCCO1)C(=O)NC(N)=O. The molecule has 0 unspecified atom stereocenters. The summed E-state index contributed by atoms with van der Waals surface area (Å²) in [7, 11) is 0. The van der Waals surface area contributed by atoms with Crippen molar-refractivity contribution < 1.29 is 14.3 Å².